The van der Waals surface area contributed by atoms with Crippen LogP contribution in [0.4, 0.5) is 0 Å². The molecule has 10 saturated heterocycles. The number of hydrogen-bond acceptors (Lipinski definition) is 1. The summed E-state index contributed by atoms with van der Waals surface area (Å²) in [5, 5.41) is 0. The summed E-state index contributed by atoms with van der Waals surface area (Å²) in [6, 6.07) is 0. The molecule has 1 spiro atoms. The second kappa shape index (κ2) is 1.20. The second-order valence-corrected chi connectivity index (χ2v) is 36.8. The van der Waals surface area contributed by atoms with Crippen molar-refractivity contribution >= 4 is 0 Å². The van der Waals surface area contributed by atoms with Crippen molar-refractivity contribution in [2.75, 3.05) is 19.6 Å². The van der Waals surface area contributed by atoms with Gasteiger partial charge in [0, 0.05) is 0 Å². The third-order valence-corrected chi connectivity index (χ3v) is 59.7. The van der Waals surface area contributed by atoms with Gasteiger partial charge in [-0.2, -0.15) is 0 Å². The van der Waals surface area contributed by atoms with Crippen molar-refractivity contribution in [3.63, 3.8) is 0 Å². The molecule has 1 nitrogen and oxygen atoms in total. The van der Waals surface area contributed by atoms with E-state index in [1.165, 1.54) is 88.7 Å². The first-order valence-electron chi connectivity index (χ1n) is 10.6. The van der Waals surface area contributed by atoms with Gasteiger partial charge in [-0.3, -0.25) is 0 Å². The van der Waals surface area contributed by atoms with Gasteiger partial charge in [-0.1, -0.05) is 0 Å². The fourth-order valence-corrected chi connectivity index (χ4v) is 93.2. The molecule has 0 aromatic carbocycles. The third kappa shape index (κ3) is 0.170. The Labute approximate surface area is 130 Å². The molecule has 10 heterocycles. The summed E-state index contributed by atoms with van der Waals surface area (Å²) in [5.41, 5.74) is 1.84. The summed E-state index contributed by atoms with van der Waals surface area (Å²) < 4.78 is 0.940. The zero-order chi connectivity index (χ0) is 15.1. The molecule has 0 aromatic heterocycles. The van der Waals surface area contributed by atoms with Crippen LogP contribution in [0.1, 0.15) is 39.5 Å². The topological polar surface area (TPSA) is 3.24 Å². The number of hydrogen-bond donors (Lipinski definition) is 0. The van der Waals surface area contributed by atoms with E-state index >= 15 is 0 Å². The first-order chi connectivity index (χ1) is 11.0. The fourth-order valence-electron chi connectivity index (χ4n) is 18.6. The van der Waals surface area contributed by atoms with Crippen LogP contribution in [0.25, 0.3) is 0 Å². The molecule has 0 radical (unpaired) electrons. The minimum atomic E-state index is -2.92. The number of unbranched alkanes of at least 4 members (excludes halogenated alkanes) is 2. The fraction of sp³-hybridized carbons (Fsp3) is 0.905. The van der Waals surface area contributed by atoms with Crippen molar-refractivity contribution in [3.05, 3.63) is 12.2 Å². The Bertz CT molecular complexity index is 996. The van der Waals surface area contributed by atoms with E-state index in [-0.39, 0.29) is 0 Å². The standard InChI is InChI=1S/C16H26N.C5H5.Fe/c1-4-6-12-17(13-7-5-2)14-15(3)16-10-8-9-11-16;1-2-4-5-3-1;/h8-11H,3-7,12-14H2,1-2H3;1-5H;. The van der Waals surface area contributed by atoms with E-state index in [2.05, 4.69) is 18.7 Å². The van der Waals surface area contributed by atoms with Crippen molar-refractivity contribution < 1.29 is 6.51 Å². The van der Waals surface area contributed by atoms with Crippen molar-refractivity contribution in [3.8, 4) is 0 Å². The molecule has 10 aliphatic rings. The van der Waals surface area contributed by atoms with Gasteiger partial charge in [0.05, 0.1) is 0 Å². The molecule has 4 unspecified atom stereocenters. The molecule has 10 aliphatic heterocycles. The molecular formula is C21H31FeN. The van der Waals surface area contributed by atoms with Crippen LogP contribution in [0.3, 0.4) is 0 Å². The molecule has 10 fully saturated rings. The molecule has 4 atom stereocenters. The molecule has 0 saturated carbocycles. The molecule has 23 heavy (non-hydrogen) atoms. The van der Waals surface area contributed by atoms with E-state index in [1.54, 1.807) is 0 Å². The second-order valence-electron chi connectivity index (χ2n) is 13.3. The minimum absolute atomic E-state index is 0.940. The van der Waals surface area contributed by atoms with Crippen LogP contribution in [-0.2, 0) is 6.51 Å². The van der Waals surface area contributed by atoms with Crippen molar-refractivity contribution in [1.29, 1.82) is 0 Å². The molecule has 0 bridgehead atoms. The van der Waals surface area contributed by atoms with E-state index in [1.807, 2.05) is 5.57 Å². The molecule has 128 valence electrons. The van der Waals surface area contributed by atoms with Gasteiger partial charge in [0.2, 0.25) is 0 Å². The molecule has 0 aromatic rings. The van der Waals surface area contributed by atoms with E-state index in [9.17, 15) is 0 Å². The van der Waals surface area contributed by atoms with Gasteiger partial charge >= 0.3 is 130 Å². The van der Waals surface area contributed by atoms with Crippen molar-refractivity contribution in [2.24, 2.45) is 0 Å². The number of nitrogens with zero attached hydrogens (tertiary/aromatic N) is 1. The Morgan fingerprint density at radius 3 is 1.65 bits per heavy atom. The predicted octanol–water partition coefficient (Wildman–Crippen LogP) is 6.20. The third-order valence-electron chi connectivity index (χ3n) is 17.3. The van der Waals surface area contributed by atoms with E-state index in [0.29, 0.717) is 0 Å². The van der Waals surface area contributed by atoms with Gasteiger partial charge < -0.3 is 0 Å². The summed E-state index contributed by atoms with van der Waals surface area (Å²) >= 11 is 0. The maximum absolute atomic E-state index is 4.90. The van der Waals surface area contributed by atoms with E-state index in [4.69, 9.17) is 6.58 Å². The first-order valence-corrected chi connectivity index (χ1v) is 16.9. The summed E-state index contributed by atoms with van der Waals surface area (Å²) in [4.78, 5) is 15.8. The van der Waals surface area contributed by atoms with Gasteiger partial charge in [0.25, 0.3) is 0 Å². The Hall–Kier alpha value is 0.219. The Balaban J connectivity index is 1.08. The monoisotopic (exact) mass is 353 g/mol. The zero-order valence-corrected chi connectivity index (χ0v) is 15.8. The molecule has 10 rings (SSSR count). The molecule has 2 heteroatoms. The van der Waals surface area contributed by atoms with Crippen LogP contribution in [0, 0.1) is 0 Å². The van der Waals surface area contributed by atoms with Gasteiger partial charge in [0.15, 0.2) is 0 Å². The van der Waals surface area contributed by atoms with Gasteiger partial charge in [-0.15, -0.1) is 0 Å². The van der Waals surface area contributed by atoms with Crippen LogP contribution >= 0.6 is 0 Å². The van der Waals surface area contributed by atoms with Crippen LogP contribution in [0.15, 0.2) is 12.2 Å². The first kappa shape index (κ1) is 11.0. The molecule has 0 amide bonds. The Kier molecular flexibility index (Phi) is 0.577. The zero-order valence-electron chi connectivity index (χ0n) is 14.7. The van der Waals surface area contributed by atoms with Crippen LogP contribution in [0.2, 0.25) is 47.7 Å². The average molecular weight is 353 g/mol. The van der Waals surface area contributed by atoms with Crippen LogP contribution in [0.5, 0.6) is 0 Å². The maximum atomic E-state index is 4.90. The van der Waals surface area contributed by atoms with Crippen molar-refractivity contribution in [2.45, 2.75) is 87.2 Å². The Morgan fingerprint density at radius 2 is 1.35 bits per heavy atom. The number of rotatable bonds is 9. The van der Waals surface area contributed by atoms with Crippen LogP contribution < -0.4 is 0 Å². The summed E-state index contributed by atoms with van der Waals surface area (Å²) in [6.45, 7) is 10.6. The molecule has 0 aliphatic carbocycles. The van der Waals surface area contributed by atoms with Gasteiger partial charge in [-0.25, -0.2) is 0 Å². The summed E-state index contributed by atoms with van der Waals surface area (Å²) in [7, 11) is 0. The van der Waals surface area contributed by atoms with Crippen molar-refractivity contribution in [1.82, 2.24) is 4.90 Å². The van der Waals surface area contributed by atoms with E-state index < -0.39 is 6.51 Å². The normalized spacial score (nSPS) is 91.3. The quantitative estimate of drug-likeness (QED) is 0.352. The molecule has 0 N–H and O–H groups in total. The predicted molar refractivity (Wildman–Crippen MR) is 91.8 cm³/mol. The average Bonchev–Trinajstić information content (AvgIpc) is 3.48. The SMILES string of the molecule is C=C(CN(CCCC)CCCC)[C]12[CH]3[CH]4[CH]5[CH]1[Fe]45321678[CH]2[CH]1[CH]6[CH]7[CH]28. The summed E-state index contributed by atoms with van der Waals surface area (Å²) in [6.07, 6.45) is 5.46. The number of fused-ring (bicyclic) bond motifs is 10. The van der Waals surface area contributed by atoms with Crippen LogP contribution in [-0.4, -0.2) is 24.5 Å². The summed E-state index contributed by atoms with van der Waals surface area (Å²) in [5.74, 6) is 0. The Morgan fingerprint density at radius 1 is 0.870 bits per heavy atom. The van der Waals surface area contributed by atoms with E-state index in [0.717, 1.165) is 4.31 Å². The van der Waals surface area contributed by atoms with Gasteiger partial charge in [-0.05, 0) is 0 Å². The van der Waals surface area contributed by atoms with Gasteiger partial charge in [0.1, 0.15) is 0 Å². The molecular weight excluding hydrogens is 322 g/mol.